The van der Waals surface area contributed by atoms with E-state index in [1.165, 1.54) is 0 Å². The summed E-state index contributed by atoms with van der Waals surface area (Å²) in [6.07, 6.45) is 5.78. The number of ketones is 1. The van der Waals surface area contributed by atoms with Gasteiger partial charge in [0.1, 0.15) is 30.3 Å². The molecule has 16 nitrogen and oxygen atoms in total. The Morgan fingerprint density at radius 2 is 1.42 bits per heavy atom. The lowest BCUT2D eigenvalue weighted by molar-refractivity contribution is -0.145. The van der Waals surface area contributed by atoms with Crippen molar-refractivity contribution in [1.82, 2.24) is 21.3 Å². The van der Waals surface area contributed by atoms with Gasteiger partial charge in [0.25, 0.3) is 0 Å². The van der Waals surface area contributed by atoms with E-state index in [0.717, 1.165) is 19.3 Å². The van der Waals surface area contributed by atoms with Gasteiger partial charge in [0.15, 0.2) is 5.78 Å². The number of amides is 4. The molecule has 316 valence electrons. The lowest BCUT2D eigenvalue weighted by atomic mass is 9.83. The number of aliphatic hydroxyl groups is 1. The molecule has 1 rings (SSSR count). The summed E-state index contributed by atoms with van der Waals surface area (Å²) >= 11 is 0. The number of esters is 1. The first-order chi connectivity index (χ1) is 26.0. The van der Waals surface area contributed by atoms with Crippen LogP contribution in [0.25, 0.3) is 0 Å². The maximum Gasteiger partial charge on any atom is 0.408 e. The molecule has 0 saturated heterocycles. The van der Waals surface area contributed by atoms with Gasteiger partial charge in [-0.15, -0.1) is 0 Å². The Bertz CT molecular complexity index is 1220. The molecule has 3 unspecified atom stereocenters. The zero-order valence-electron chi connectivity index (χ0n) is 33.8. The molecule has 0 aromatic rings. The molecule has 0 aromatic carbocycles. The quantitative estimate of drug-likeness (QED) is 0.0468. The highest BCUT2D eigenvalue weighted by Crippen LogP contribution is 2.27. The zero-order valence-corrected chi connectivity index (χ0v) is 33.8. The molecule has 5 atom stereocenters. The number of nitrogens with one attached hydrogen (secondary N) is 4. The molecule has 8 N–H and O–H groups in total. The van der Waals surface area contributed by atoms with Crippen molar-refractivity contribution in [2.45, 2.75) is 174 Å². The van der Waals surface area contributed by atoms with Crippen molar-refractivity contribution in [3.8, 4) is 0 Å². The first-order valence-electron chi connectivity index (χ1n) is 20.2. The summed E-state index contributed by atoms with van der Waals surface area (Å²) in [5, 5.41) is 30.6. The molecule has 4 amide bonds. The highest BCUT2D eigenvalue weighted by atomic mass is 16.6. The fourth-order valence-electron chi connectivity index (χ4n) is 6.65. The van der Waals surface area contributed by atoms with Crippen molar-refractivity contribution in [2.75, 3.05) is 19.7 Å². The average Bonchev–Trinajstić information content (AvgIpc) is 3.12. The van der Waals surface area contributed by atoms with Gasteiger partial charge >= 0.3 is 18.0 Å². The molecule has 0 spiro atoms. The molecule has 1 aliphatic rings. The molecule has 0 aliphatic heterocycles. The summed E-state index contributed by atoms with van der Waals surface area (Å²) in [6, 6.07) is -3.06. The number of aliphatic carboxylic acids is 1. The Morgan fingerprint density at radius 3 is 2.02 bits per heavy atom. The third-order valence-electron chi connectivity index (χ3n) is 9.49. The van der Waals surface area contributed by atoms with Crippen molar-refractivity contribution in [2.24, 2.45) is 17.6 Å². The van der Waals surface area contributed by atoms with Crippen LogP contribution in [0.5, 0.6) is 0 Å². The summed E-state index contributed by atoms with van der Waals surface area (Å²) < 4.78 is 10.3. The van der Waals surface area contributed by atoms with Crippen LogP contribution in [0.4, 0.5) is 4.79 Å². The molecular formula is C39H69N5O11. The molecule has 0 aromatic heterocycles. The Labute approximate surface area is 326 Å². The van der Waals surface area contributed by atoms with Crippen LogP contribution in [0.1, 0.15) is 144 Å². The number of ether oxygens (including phenoxy) is 2. The van der Waals surface area contributed by atoms with Crippen LogP contribution in [0.3, 0.4) is 0 Å². The van der Waals surface area contributed by atoms with Crippen molar-refractivity contribution in [1.29, 1.82) is 0 Å². The number of unbranched alkanes of at least 4 members (excludes halogenated alkanes) is 1. The molecule has 55 heavy (non-hydrogen) atoms. The van der Waals surface area contributed by atoms with Crippen LogP contribution >= 0.6 is 0 Å². The Morgan fingerprint density at radius 1 is 0.764 bits per heavy atom. The molecule has 0 bridgehead atoms. The minimum atomic E-state index is -1.38. The van der Waals surface area contributed by atoms with E-state index in [1.807, 2.05) is 13.8 Å². The first-order valence-corrected chi connectivity index (χ1v) is 20.2. The monoisotopic (exact) mass is 783 g/mol. The second kappa shape index (κ2) is 26.9. The highest BCUT2D eigenvalue weighted by Gasteiger charge is 2.36. The largest absolute Gasteiger partial charge is 0.481 e. The number of alkyl carbamates (subject to hydrolysis) is 1. The van der Waals surface area contributed by atoms with Crippen molar-refractivity contribution in [3.05, 3.63) is 0 Å². The SMILES string of the molecule is CCCOC(=O)CNC(=O)C(O)C(CCC)CCCC(=O)C(CCCCN)NC(=O)[C@@H](NC(=O)[C@H](CCCC(=O)O)NC(=O)OC(C)(C)C)C1CCCCC1. The number of aliphatic hydroxyl groups excluding tert-OH is 1. The van der Waals surface area contributed by atoms with Crippen LogP contribution in [-0.4, -0.2) is 101 Å². The van der Waals surface area contributed by atoms with Gasteiger partial charge in [0.05, 0.1) is 12.6 Å². The van der Waals surface area contributed by atoms with Crippen LogP contribution in [0, 0.1) is 11.8 Å². The summed E-state index contributed by atoms with van der Waals surface area (Å²) in [5.41, 5.74) is 4.87. The van der Waals surface area contributed by atoms with Gasteiger partial charge in [-0.05, 0) is 110 Å². The molecule has 16 heteroatoms. The van der Waals surface area contributed by atoms with Gasteiger partial charge in [-0.2, -0.15) is 0 Å². The maximum absolute atomic E-state index is 14.1. The van der Waals surface area contributed by atoms with Crippen LogP contribution in [-0.2, 0) is 38.2 Å². The van der Waals surface area contributed by atoms with Gasteiger partial charge in [0, 0.05) is 12.8 Å². The summed E-state index contributed by atoms with van der Waals surface area (Å²) in [7, 11) is 0. The average molecular weight is 784 g/mol. The van der Waals surface area contributed by atoms with E-state index in [4.69, 9.17) is 20.3 Å². The van der Waals surface area contributed by atoms with Gasteiger partial charge < -0.3 is 46.7 Å². The second-order valence-corrected chi connectivity index (χ2v) is 15.5. The molecule has 1 fully saturated rings. The summed E-state index contributed by atoms with van der Waals surface area (Å²) in [4.78, 5) is 89.8. The smallest absolute Gasteiger partial charge is 0.408 e. The minimum Gasteiger partial charge on any atom is -0.481 e. The van der Waals surface area contributed by atoms with E-state index >= 15 is 0 Å². The van der Waals surface area contributed by atoms with Crippen LogP contribution < -0.4 is 27.0 Å². The fourth-order valence-corrected chi connectivity index (χ4v) is 6.65. The number of carboxylic acids is 1. The molecule has 1 aliphatic carbocycles. The predicted molar refractivity (Wildman–Crippen MR) is 206 cm³/mol. The van der Waals surface area contributed by atoms with Crippen molar-refractivity contribution >= 4 is 41.5 Å². The standard InChI is InChI=1S/C39H69N5O11/c1-6-15-27(34(49)37(52)41-25-32(48)54-24-7-2)18-13-21-30(45)28(19-11-12-23-40)42-36(51)33(26-16-9-8-10-17-26)44-35(50)29(20-14-22-31(46)47)43-38(53)55-39(3,4)5/h26-29,33-34,49H,6-25,40H2,1-5H3,(H,41,52)(H,42,51)(H,43,53)(H,44,50)(H,46,47)/t27?,28?,29-,33-,34?/m0/s1. The van der Waals surface area contributed by atoms with Gasteiger partial charge in [0.2, 0.25) is 17.7 Å². The molecule has 0 radical (unpaired) electrons. The number of carbonyl (C=O) groups excluding carboxylic acids is 6. The fraction of sp³-hybridized carbons (Fsp3) is 0.821. The lowest BCUT2D eigenvalue weighted by Gasteiger charge is -2.32. The van der Waals surface area contributed by atoms with Gasteiger partial charge in [-0.3, -0.25) is 28.8 Å². The number of nitrogens with two attached hydrogens (primary N) is 1. The third kappa shape index (κ3) is 21.2. The number of hydrogen-bond donors (Lipinski definition) is 7. The number of carboxylic acid groups (broad SMARTS) is 1. The minimum absolute atomic E-state index is 0.00252. The van der Waals surface area contributed by atoms with E-state index in [2.05, 4.69) is 21.3 Å². The number of carbonyl (C=O) groups is 7. The van der Waals surface area contributed by atoms with E-state index in [1.54, 1.807) is 20.8 Å². The van der Waals surface area contributed by atoms with Gasteiger partial charge in [-0.25, -0.2) is 4.79 Å². The number of rotatable bonds is 27. The highest BCUT2D eigenvalue weighted by molar-refractivity contribution is 5.94. The summed E-state index contributed by atoms with van der Waals surface area (Å²) in [5.74, 6) is -4.44. The number of hydrogen-bond acceptors (Lipinski definition) is 11. The van der Waals surface area contributed by atoms with Crippen LogP contribution in [0.2, 0.25) is 0 Å². The van der Waals surface area contributed by atoms with Gasteiger partial charge in [-0.1, -0.05) is 39.5 Å². The first kappa shape index (κ1) is 49.2. The third-order valence-corrected chi connectivity index (χ3v) is 9.49. The van der Waals surface area contributed by atoms with E-state index in [0.29, 0.717) is 70.8 Å². The van der Waals surface area contributed by atoms with Crippen LogP contribution in [0.15, 0.2) is 0 Å². The predicted octanol–water partition coefficient (Wildman–Crippen LogP) is 3.40. The second-order valence-electron chi connectivity index (χ2n) is 15.5. The number of Topliss-reactive ketones (excluding diaryl/α,β-unsaturated/α-hetero) is 1. The Balaban J connectivity index is 3.11. The topological polar surface area (TPSA) is 253 Å². The normalized spacial score (nSPS) is 16.1. The molecule has 1 saturated carbocycles. The lowest BCUT2D eigenvalue weighted by Crippen LogP contribution is -2.58. The van der Waals surface area contributed by atoms with E-state index in [9.17, 15) is 38.7 Å². The molecular weight excluding hydrogens is 714 g/mol. The maximum atomic E-state index is 14.1. The van der Waals surface area contributed by atoms with Crippen molar-refractivity contribution in [3.63, 3.8) is 0 Å². The Hall–Kier alpha value is -3.79. The van der Waals surface area contributed by atoms with E-state index in [-0.39, 0.29) is 50.5 Å². The summed E-state index contributed by atoms with van der Waals surface area (Å²) in [6.45, 7) is 9.06. The zero-order chi connectivity index (χ0) is 41.4. The Kier molecular flexibility index (Phi) is 24.1. The molecule has 0 heterocycles. The van der Waals surface area contributed by atoms with Crippen molar-refractivity contribution < 1.29 is 53.2 Å². The van der Waals surface area contributed by atoms with E-state index < -0.39 is 71.5 Å².